The van der Waals surface area contributed by atoms with Crippen LogP contribution in [0.4, 0.5) is 0 Å². The van der Waals surface area contributed by atoms with Gasteiger partial charge in [-0.25, -0.2) is 0 Å². The molecule has 0 saturated heterocycles. The summed E-state index contributed by atoms with van der Waals surface area (Å²) in [4.78, 5) is 0. The second-order valence-corrected chi connectivity index (χ2v) is 6.58. The van der Waals surface area contributed by atoms with Gasteiger partial charge in [-0.05, 0) is 17.7 Å². The van der Waals surface area contributed by atoms with Crippen molar-refractivity contribution in [3.63, 3.8) is 0 Å². The normalized spacial score (nSPS) is 10.7. The minimum Gasteiger partial charge on any atom is -0.480 e. The highest BCUT2D eigenvalue weighted by Crippen LogP contribution is 2.37. The average Bonchev–Trinajstić information content (AvgIpc) is 2.98. The van der Waals surface area contributed by atoms with E-state index in [1.54, 1.807) is 0 Å². The van der Waals surface area contributed by atoms with Crippen molar-refractivity contribution in [2.75, 3.05) is 0 Å². The zero-order valence-corrected chi connectivity index (χ0v) is 15.7. The first-order valence-corrected chi connectivity index (χ1v) is 9.12. The third-order valence-corrected chi connectivity index (χ3v) is 4.85. The Morgan fingerprint density at radius 1 is 0.741 bits per heavy atom. The molecule has 0 radical (unpaired) electrons. The predicted molar refractivity (Wildman–Crippen MR) is 108 cm³/mol. The molecule has 134 valence electrons. The van der Waals surface area contributed by atoms with Crippen LogP contribution in [0.5, 0.6) is 5.75 Å². The fraction of sp³-hybridized carbons (Fsp3) is 0.125. The van der Waals surface area contributed by atoms with Crippen LogP contribution in [0, 0.1) is 0 Å². The predicted octanol–water partition coefficient (Wildman–Crippen LogP) is 4.76. The van der Waals surface area contributed by atoms with E-state index in [1.807, 2.05) is 30.3 Å². The summed E-state index contributed by atoms with van der Waals surface area (Å²) in [7, 11) is 4.15. The number of nitrogens with zero attached hydrogens (tertiary/aromatic N) is 2. The van der Waals surface area contributed by atoms with E-state index in [0.29, 0.717) is 6.61 Å². The molecule has 0 aliphatic rings. The number of rotatable bonds is 5. The van der Waals surface area contributed by atoms with Gasteiger partial charge >= 0.3 is 0 Å². The molecule has 0 amide bonds. The lowest BCUT2D eigenvalue weighted by atomic mass is 10.1. The average molecular weight is 355 g/mol. The van der Waals surface area contributed by atoms with E-state index in [9.17, 15) is 0 Å². The summed E-state index contributed by atoms with van der Waals surface area (Å²) in [6.45, 7) is 0.532. The Bertz CT molecular complexity index is 959. The minimum absolute atomic E-state index is 0.532. The maximum absolute atomic E-state index is 6.42. The van der Waals surface area contributed by atoms with E-state index in [2.05, 4.69) is 84.1 Å². The molecular formula is C24H23N2O+. The standard InChI is InChI=1S/C24H23N2O/c1-25-22(20-14-8-4-9-15-20)24(27-18-19-12-6-3-7-13-19)23(26(25)2)21-16-10-5-11-17-21/h3-17H,18H2,1-2H3/q+1. The van der Waals surface area contributed by atoms with E-state index >= 15 is 0 Å². The van der Waals surface area contributed by atoms with E-state index in [-0.39, 0.29) is 0 Å². The fourth-order valence-corrected chi connectivity index (χ4v) is 3.40. The number of hydrogen-bond donors (Lipinski definition) is 0. The van der Waals surface area contributed by atoms with Crippen LogP contribution in [-0.2, 0) is 20.7 Å². The van der Waals surface area contributed by atoms with Crippen molar-refractivity contribution in [1.82, 2.24) is 4.68 Å². The molecule has 0 atom stereocenters. The van der Waals surface area contributed by atoms with Crippen LogP contribution in [0.25, 0.3) is 22.5 Å². The third kappa shape index (κ3) is 3.36. The highest BCUT2D eigenvalue weighted by Gasteiger charge is 2.30. The Hall–Kier alpha value is -3.33. The zero-order valence-electron chi connectivity index (χ0n) is 15.7. The highest BCUT2D eigenvalue weighted by atomic mass is 16.5. The van der Waals surface area contributed by atoms with Crippen LogP contribution in [0.15, 0.2) is 91.0 Å². The maximum atomic E-state index is 6.42. The molecule has 1 aromatic heterocycles. The van der Waals surface area contributed by atoms with E-state index < -0.39 is 0 Å². The number of hydrogen-bond acceptors (Lipinski definition) is 1. The summed E-state index contributed by atoms with van der Waals surface area (Å²) in [6.07, 6.45) is 0. The van der Waals surface area contributed by atoms with Crippen molar-refractivity contribution < 1.29 is 9.42 Å². The second kappa shape index (κ2) is 7.50. The van der Waals surface area contributed by atoms with Gasteiger partial charge in [0.1, 0.15) is 6.61 Å². The molecule has 4 aromatic rings. The summed E-state index contributed by atoms with van der Waals surface area (Å²) < 4.78 is 10.7. The lowest BCUT2D eigenvalue weighted by Crippen LogP contribution is -2.39. The summed E-state index contributed by atoms with van der Waals surface area (Å²) in [5.41, 5.74) is 5.59. The SMILES string of the molecule is Cn1c(-c2ccccc2)c(OCc2ccccc2)c(-c2ccccc2)[n+]1C. The van der Waals surface area contributed by atoms with Crippen molar-refractivity contribution in [3.05, 3.63) is 96.6 Å². The Kier molecular flexibility index (Phi) is 4.75. The van der Waals surface area contributed by atoms with Crippen LogP contribution in [-0.4, -0.2) is 4.68 Å². The molecule has 3 heteroatoms. The lowest BCUT2D eigenvalue weighted by molar-refractivity contribution is -0.740. The summed E-state index contributed by atoms with van der Waals surface area (Å²) in [5, 5.41) is 0. The van der Waals surface area contributed by atoms with E-state index in [1.165, 1.54) is 0 Å². The van der Waals surface area contributed by atoms with Gasteiger partial charge in [0.2, 0.25) is 5.75 Å². The number of ether oxygens (including phenoxy) is 1. The number of aromatic nitrogens is 2. The Morgan fingerprint density at radius 3 is 1.85 bits per heavy atom. The molecule has 0 aliphatic heterocycles. The Balaban J connectivity index is 1.86. The van der Waals surface area contributed by atoms with Gasteiger partial charge in [0, 0.05) is 5.56 Å². The van der Waals surface area contributed by atoms with Crippen molar-refractivity contribution in [1.29, 1.82) is 0 Å². The van der Waals surface area contributed by atoms with Crippen LogP contribution >= 0.6 is 0 Å². The van der Waals surface area contributed by atoms with E-state index in [0.717, 1.165) is 33.8 Å². The molecule has 0 unspecified atom stereocenters. The first kappa shape index (κ1) is 17.1. The molecule has 0 bridgehead atoms. The minimum atomic E-state index is 0.532. The molecule has 0 fully saturated rings. The summed E-state index contributed by atoms with van der Waals surface area (Å²) in [6, 6.07) is 31.1. The molecule has 3 aromatic carbocycles. The lowest BCUT2D eigenvalue weighted by Gasteiger charge is -2.07. The summed E-state index contributed by atoms with van der Waals surface area (Å²) in [5.74, 6) is 0.904. The molecule has 4 rings (SSSR count). The smallest absolute Gasteiger partial charge is 0.280 e. The van der Waals surface area contributed by atoms with Gasteiger partial charge < -0.3 is 4.74 Å². The quantitative estimate of drug-likeness (QED) is 0.472. The van der Waals surface area contributed by atoms with Crippen molar-refractivity contribution in [2.45, 2.75) is 6.61 Å². The van der Waals surface area contributed by atoms with Crippen LogP contribution in [0.2, 0.25) is 0 Å². The number of benzene rings is 3. The molecule has 0 aliphatic carbocycles. The zero-order chi connectivity index (χ0) is 18.6. The first-order valence-electron chi connectivity index (χ1n) is 9.12. The van der Waals surface area contributed by atoms with Crippen LogP contribution in [0.3, 0.4) is 0 Å². The van der Waals surface area contributed by atoms with Crippen molar-refractivity contribution in [2.24, 2.45) is 14.1 Å². The molecule has 3 nitrogen and oxygen atoms in total. The molecule has 1 heterocycles. The van der Waals surface area contributed by atoms with Crippen LogP contribution in [0.1, 0.15) is 5.56 Å². The van der Waals surface area contributed by atoms with E-state index in [4.69, 9.17) is 4.74 Å². The molecular weight excluding hydrogens is 332 g/mol. The van der Waals surface area contributed by atoms with Crippen molar-refractivity contribution >= 4 is 0 Å². The monoisotopic (exact) mass is 355 g/mol. The topological polar surface area (TPSA) is 18.0 Å². The van der Waals surface area contributed by atoms with Gasteiger partial charge in [0.15, 0.2) is 12.7 Å². The van der Waals surface area contributed by atoms with Gasteiger partial charge in [-0.1, -0.05) is 78.9 Å². The van der Waals surface area contributed by atoms with Gasteiger partial charge in [-0.15, -0.1) is 4.68 Å². The van der Waals surface area contributed by atoms with Crippen LogP contribution < -0.4 is 9.42 Å². The molecule has 0 saturated carbocycles. The van der Waals surface area contributed by atoms with Gasteiger partial charge in [-0.3, -0.25) is 0 Å². The Morgan fingerprint density at radius 2 is 1.26 bits per heavy atom. The largest absolute Gasteiger partial charge is 0.480 e. The Labute approximate surface area is 160 Å². The fourth-order valence-electron chi connectivity index (χ4n) is 3.40. The third-order valence-electron chi connectivity index (χ3n) is 4.85. The second-order valence-electron chi connectivity index (χ2n) is 6.58. The maximum Gasteiger partial charge on any atom is 0.280 e. The highest BCUT2D eigenvalue weighted by molar-refractivity contribution is 5.76. The van der Waals surface area contributed by atoms with Gasteiger partial charge in [0.25, 0.3) is 5.69 Å². The molecule has 27 heavy (non-hydrogen) atoms. The van der Waals surface area contributed by atoms with Gasteiger partial charge in [0.05, 0.1) is 12.6 Å². The van der Waals surface area contributed by atoms with Gasteiger partial charge in [-0.2, -0.15) is 4.68 Å². The summed E-state index contributed by atoms with van der Waals surface area (Å²) >= 11 is 0. The molecule has 0 N–H and O–H groups in total. The molecule has 0 spiro atoms. The van der Waals surface area contributed by atoms with Crippen molar-refractivity contribution in [3.8, 4) is 28.3 Å². The first-order chi connectivity index (χ1) is 13.3.